The standard InChI is InChI=1S/4C5H5F3O2.Zr/c4*1-3(9)2-4(10)5(6,7)8;/h4*2,10H,1H3;/q;;;;+3/p-4/b4*4-2-;. The van der Waals surface area contributed by atoms with Gasteiger partial charge in [0.1, 0.15) is 0 Å². The van der Waals surface area contributed by atoms with Crippen LogP contribution in [0.4, 0.5) is 52.7 Å². The molecule has 0 aromatic rings. The van der Waals surface area contributed by atoms with Gasteiger partial charge in [-0.3, -0.25) is 19.2 Å². The van der Waals surface area contributed by atoms with Gasteiger partial charge in [-0.2, -0.15) is 52.7 Å². The maximum absolute atomic E-state index is 11.3. The van der Waals surface area contributed by atoms with Crippen LogP contribution in [0.2, 0.25) is 0 Å². The summed E-state index contributed by atoms with van der Waals surface area (Å²) in [5.74, 6) is -12.0. The molecular formula is C20H16F12O8Zr-. The molecule has 0 saturated carbocycles. The number of carbonyl (C=O) groups is 4. The van der Waals surface area contributed by atoms with E-state index in [1.165, 1.54) is 0 Å². The molecule has 21 heteroatoms. The van der Waals surface area contributed by atoms with Crippen LogP contribution >= 0.6 is 0 Å². The minimum atomic E-state index is -4.92. The summed E-state index contributed by atoms with van der Waals surface area (Å²) in [6.07, 6.45) is -19.6. The molecule has 41 heavy (non-hydrogen) atoms. The Bertz CT molecular complexity index is 840. The van der Waals surface area contributed by atoms with Gasteiger partial charge in [-0.05, 0) is 75.0 Å². The van der Waals surface area contributed by atoms with Crippen LogP contribution in [0.15, 0.2) is 47.3 Å². The molecule has 0 atom stereocenters. The summed E-state index contributed by atoms with van der Waals surface area (Å²) in [4.78, 5) is 39.7. The average Bonchev–Trinajstić information content (AvgIpc) is 2.64. The zero-order chi connectivity index (χ0) is 33.4. The molecule has 0 aliphatic carbocycles. The average molecular weight is 704 g/mol. The number of carbonyl (C=O) groups excluding carboxylic acids is 4. The molecular weight excluding hydrogens is 687 g/mol. The predicted octanol–water partition coefficient (Wildman–Crippen LogP) is 1.53. The third-order valence-electron chi connectivity index (χ3n) is 2.45. The van der Waals surface area contributed by atoms with E-state index >= 15 is 0 Å². The van der Waals surface area contributed by atoms with Gasteiger partial charge in [0.2, 0.25) is 0 Å². The molecule has 0 rings (SSSR count). The Hall–Kier alpha value is -3.12. The van der Waals surface area contributed by atoms with E-state index in [4.69, 9.17) is 0 Å². The molecule has 0 bridgehead atoms. The molecule has 0 fully saturated rings. The van der Waals surface area contributed by atoms with E-state index in [-0.39, 0.29) is 50.5 Å². The van der Waals surface area contributed by atoms with Crippen molar-refractivity contribution in [1.82, 2.24) is 0 Å². The Kier molecular flexibility index (Phi) is 23.1. The quantitative estimate of drug-likeness (QED) is 0.242. The Morgan fingerprint density at radius 1 is 0.390 bits per heavy atom. The SMILES string of the molecule is CC(=O)/C=C(\[O-])C(F)(F)F.CC(=O)/C=C(\[O-])C(F)(F)F.CC(=O)/C=C(\[O-])C(F)(F)F.CC(=O)/C=C(\[O-])C(F)(F)F.[Zr+3]. The van der Waals surface area contributed by atoms with E-state index in [9.17, 15) is 92.3 Å². The number of ketones is 4. The van der Waals surface area contributed by atoms with Crippen LogP contribution in [0.25, 0.3) is 0 Å². The summed E-state index contributed by atoms with van der Waals surface area (Å²) in [6, 6.07) is 0. The molecule has 0 aromatic heterocycles. The topological polar surface area (TPSA) is 161 Å². The summed E-state index contributed by atoms with van der Waals surface area (Å²) in [5, 5.41) is 39.5. The van der Waals surface area contributed by atoms with Crippen molar-refractivity contribution in [3.05, 3.63) is 47.3 Å². The Labute approximate surface area is 241 Å². The first-order chi connectivity index (χ1) is 17.3. The normalized spacial score (nSPS) is 13.1. The van der Waals surface area contributed by atoms with E-state index < -0.39 is 70.9 Å². The van der Waals surface area contributed by atoms with Crippen LogP contribution in [0.1, 0.15) is 27.7 Å². The van der Waals surface area contributed by atoms with Crippen LogP contribution in [0.3, 0.4) is 0 Å². The maximum Gasteiger partial charge on any atom is 3.00 e. The molecule has 233 valence electrons. The minimum absolute atomic E-state index is 0. The second-order valence-electron chi connectivity index (χ2n) is 6.47. The predicted molar refractivity (Wildman–Crippen MR) is 99.3 cm³/mol. The zero-order valence-electron chi connectivity index (χ0n) is 20.6. The molecule has 0 aliphatic rings. The largest absolute Gasteiger partial charge is 3.00 e. The van der Waals surface area contributed by atoms with E-state index in [2.05, 4.69) is 0 Å². The molecule has 1 radical (unpaired) electrons. The molecule has 0 aliphatic heterocycles. The third kappa shape index (κ3) is 33.0. The van der Waals surface area contributed by atoms with E-state index in [1.54, 1.807) is 0 Å². The summed E-state index contributed by atoms with van der Waals surface area (Å²) < 4.78 is 135. The van der Waals surface area contributed by atoms with Gasteiger partial charge in [0, 0.05) is 0 Å². The Morgan fingerprint density at radius 2 is 0.488 bits per heavy atom. The summed E-state index contributed by atoms with van der Waals surface area (Å²) in [7, 11) is 0. The minimum Gasteiger partial charge on any atom is -0.869 e. The van der Waals surface area contributed by atoms with Crippen molar-refractivity contribution in [2.75, 3.05) is 0 Å². The fourth-order valence-corrected chi connectivity index (χ4v) is 1.07. The van der Waals surface area contributed by atoms with E-state index in [1.807, 2.05) is 0 Å². The van der Waals surface area contributed by atoms with Crippen LogP contribution < -0.4 is 20.4 Å². The summed E-state index contributed by atoms with van der Waals surface area (Å²) in [6.45, 7) is 3.51. The van der Waals surface area contributed by atoms with Crippen LogP contribution in [0, 0.1) is 0 Å². The van der Waals surface area contributed by atoms with Crippen molar-refractivity contribution in [1.29, 1.82) is 0 Å². The van der Waals surface area contributed by atoms with Crippen LogP contribution in [0.5, 0.6) is 0 Å². The van der Waals surface area contributed by atoms with Crippen molar-refractivity contribution in [2.24, 2.45) is 0 Å². The van der Waals surface area contributed by atoms with Crippen molar-refractivity contribution in [3.8, 4) is 0 Å². The van der Waals surface area contributed by atoms with Crippen molar-refractivity contribution in [2.45, 2.75) is 52.4 Å². The van der Waals surface area contributed by atoms with E-state index in [0.717, 1.165) is 27.7 Å². The first-order valence-electron chi connectivity index (χ1n) is 9.21. The Balaban J connectivity index is -0.000000139. The fourth-order valence-electron chi connectivity index (χ4n) is 1.07. The number of halogens is 12. The van der Waals surface area contributed by atoms with Crippen molar-refractivity contribution < 1.29 is 118 Å². The Morgan fingerprint density at radius 3 is 0.512 bits per heavy atom. The smallest absolute Gasteiger partial charge is 0.869 e. The number of hydrogen-bond acceptors (Lipinski definition) is 8. The monoisotopic (exact) mass is 702 g/mol. The van der Waals surface area contributed by atoms with Crippen molar-refractivity contribution >= 4 is 23.1 Å². The first kappa shape index (κ1) is 47.7. The number of rotatable bonds is 4. The zero-order valence-corrected chi connectivity index (χ0v) is 23.1. The van der Waals surface area contributed by atoms with Crippen LogP contribution in [-0.2, 0) is 45.4 Å². The molecule has 0 amide bonds. The van der Waals surface area contributed by atoms with Gasteiger partial charge in [-0.25, -0.2) is 0 Å². The van der Waals surface area contributed by atoms with Gasteiger partial charge < -0.3 is 20.4 Å². The van der Waals surface area contributed by atoms with Crippen molar-refractivity contribution in [3.63, 3.8) is 0 Å². The molecule has 0 unspecified atom stereocenters. The molecule has 0 N–H and O–H groups in total. The molecule has 8 nitrogen and oxygen atoms in total. The number of alkyl halides is 12. The number of hydrogen-bond donors (Lipinski definition) is 0. The third-order valence-corrected chi connectivity index (χ3v) is 2.45. The molecule has 0 saturated heterocycles. The van der Waals surface area contributed by atoms with Gasteiger partial charge in [0.25, 0.3) is 0 Å². The van der Waals surface area contributed by atoms with E-state index in [0.29, 0.717) is 0 Å². The van der Waals surface area contributed by atoms with Gasteiger partial charge in [0.05, 0.1) is 0 Å². The number of allylic oxidation sites excluding steroid dienone is 8. The summed E-state index contributed by atoms with van der Waals surface area (Å²) in [5.41, 5.74) is 0. The fraction of sp³-hybridized carbons (Fsp3) is 0.400. The summed E-state index contributed by atoms with van der Waals surface area (Å²) >= 11 is 0. The first-order valence-corrected chi connectivity index (χ1v) is 9.21. The van der Waals surface area contributed by atoms with Gasteiger partial charge in [-0.15, -0.1) is 0 Å². The van der Waals surface area contributed by atoms with Gasteiger partial charge in [-0.1, -0.05) is 0 Å². The second-order valence-corrected chi connectivity index (χ2v) is 6.47. The van der Waals surface area contributed by atoms with Gasteiger partial charge in [0.15, 0.2) is 23.1 Å². The van der Waals surface area contributed by atoms with Gasteiger partial charge >= 0.3 is 50.9 Å². The molecule has 0 heterocycles. The maximum atomic E-state index is 11.3. The van der Waals surface area contributed by atoms with Crippen LogP contribution in [-0.4, -0.2) is 47.8 Å². The molecule has 0 aromatic carbocycles. The molecule has 0 spiro atoms. The second kappa shape index (κ2) is 19.9.